The van der Waals surface area contributed by atoms with E-state index in [1.54, 1.807) is 0 Å². The molecule has 0 spiro atoms. The highest BCUT2D eigenvalue weighted by atomic mass is 19.4. The van der Waals surface area contributed by atoms with Crippen LogP contribution in [0.5, 0.6) is 0 Å². The first kappa shape index (κ1) is 31.9. The molecule has 0 aromatic rings. The van der Waals surface area contributed by atoms with Gasteiger partial charge in [-0.1, -0.05) is 10.6 Å². The predicted octanol–water partition coefficient (Wildman–Crippen LogP) is 6.23. The van der Waals surface area contributed by atoms with E-state index >= 15 is 0 Å². The van der Waals surface area contributed by atoms with Crippen LogP contribution < -0.4 is 0 Å². The number of amides is 1. The normalized spacial score (nSPS) is 15.5. The average Bonchev–Trinajstić information content (AvgIpc) is 2.65. The number of halogens is 19. The lowest BCUT2D eigenvalue weighted by atomic mass is 9.87. The fraction of sp³-hybridized carbons (Fsp3) is 0.769. The highest BCUT2D eigenvalue weighted by Gasteiger charge is 2.96. The molecule has 0 saturated heterocycles. The van der Waals surface area contributed by atoms with Crippen molar-refractivity contribution < 1.29 is 88.3 Å². The van der Waals surface area contributed by atoms with Crippen LogP contribution in [-0.2, 0) is 4.79 Å². The zero-order valence-electron chi connectivity index (χ0n) is 15.1. The van der Waals surface area contributed by atoms with E-state index in [0.29, 0.717) is 0 Å². The molecule has 2 nitrogen and oxygen atoms in total. The molecule has 0 aliphatic rings. The summed E-state index contributed by atoms with van der Waals surface area (Å²) in [5.74, 6) is -71.5. The van der Waals surface area contributed by atoms with Crippen LogP contribution in [0.2, 0.25) is 0 Å². The minimum absolute atomic E-state index is 0.0822. The molecule has 0 bridgehead atoms. The first-order valence-electron chi connectivity index (χ1n) is 7.48. The van der Waals surface area contributed by atoms with Gasteiger partial charge in [-0.25, -0.2) is 8.78 Å². The summed E-state index contributed by atoms with van der Waals surface area (Å²) in [5, 5.41) is -2.13. The van der Waals surface area contributed by atoms with Gasteiger partial charge in [0.25, 0.3) is 0 Å². The average molecular weight is 553 g/mol. The molecule has 0 unspecified atom stereocenters. The van der Waals surface area contributed by atoms with Crippen LogP contribution in [0, 0.1) is 0 Å². The largest absolute Gasteiger partial charge is 0.395 e. The first-order chi connectivity index (χ1) is 14.6. The summed E-state index contributed by atoms with van der Waals surface area (Å²) >= 11 is 0. The summed E-state index contributed by atoms with van der Waals surface area (Å²) in [6.45, 7) is 0.662. The van der Waals surface area contributed by atoms with Crippen LogP contribution in [0.4, 0.5) is 83.5 Å². The van der Waals surface area contributed by atoms with Gasteiger partial charge in [0, 0.05) is 0 Å². The van der Waals surface area contributed by atoms with E-state index in [-0.39, 0.29) is 6.08 Å². The van der Waals surface area contributed by atoms with Gasteiger partial charge in [-0.3, -0.25) is 4.79 Å². The fourth-order valence-corrected chi connectivity index (χ4v) is 1.82. The van der Waals surface area contributed by atoms with Gasteiger partial charge in [-0.15, -0.1) is 6.58 Å². The Hall–Kier alpha value is -2.12. The summed E-state index contributed by atoms with van der Waals surface area (Å²) < 4.78 is 249. The number of rotatable bonds is 11. The van der Waals surface area contributed by atoms with Crippen molar-refractivity contribution in [2.75, 3.05) is 6.54 Å². The van der Waals surface area contributed by atoms with E-state index in [1.807, 2.05) is 0 Å². The molecule has 0 fully saturated rings. The fourth-order valence-electron chi connectivity index (χ4n) is 1.82. The summed E-state index contributed by atoms with van der Waals surface area (Å²) in [6.07, 6.45) is -5.99. The minimum atomic E-state index is -8.93. The zero-order chi connectivity index (χ0) is 28.1. The molecule has 0 rings (SSSR count). The third kappa shape index (κ3) is 3.91. The Kier molecular flexibility index (Phi) is 7.99. The Bertz CT molecular complexity index is 772. The van der Waals surface area contributed by atoms with Crippen molar-refractivity contribution >= 4 is 5.91 Å². The van der Waals surface area contributed by atoms with Crippen LogP contribution >= 0.6 is 0 Å². The third-order valence-electron chi connectivity index (χ3n) is 3.84. The van der Waals surface area contributed by atoms with Gasteiger partial charge in [0.15, 0.2) is 0 Å². The van der Waals surface area contributed by atoms with Crippen molar-refractivity contribution in [3.8, 4) is 0 Å². The number of hydrogen-bond acceptors (Lipinski definition) is 1. The molecule has 0 heterocycles. The van der Waals surface area contributed by atoms with Gasteiger partial charge >= 0.3 is 59.7 Å². The second-order valence-electron chi connectivity index (χ2n) is 6.08. The minimum Gasteiger partial charge on any atom is -0.265 e. The molecule has 1 amide bonds. The van der Waals surface area contributed by atoms with Crippen molar-refractivity contribution in [2.45, 2.75) is 53.8 Å². The lowest BCUT2D eigenvalue weighted by molar-refractivity contribution is -0.455. The quantitative estimate of drug-likeness (QED) is 0.169. The van der Waals surface area contributed by atoms with Gasteiger partial charge in [0.2, 0.25) is 0 Å². The SMILES string of the molecule is C=CCN(F)C(=O)C(F)(F)C(F)(F)C(F)(F)C(F)(F)C(F)(F)C(F)(F)C(F)(F)C(F)(F)C(F)F. The monoisotopic (exact) mass is 553 g/mol. The number of nitrogens with zero attached hydrogens (tertiary/aromatic N) is 1. The maximum Gasteiger partial charge on any atom is 0.395 e. The summed E-state index contributed by atoms with van der Waals surface area (Å²) in [4.78, 5) is 10.8. The molecular weight excluding hydrogens is 547 g/mol. The van der Waals surface area contributed by atoms with Crippen LogP contribution in [0.1, 0.15) is 0 Å². The van der Waals surface area contributed by atoms with Crippen LogP contribution in [0.25, 0.3) is 0 Å². The van der Waals surface area contributed by atoms with Crippen molar-refractivity contribution in [1.29, 1.82) is 0 Å². The smallest absolute Gasteiger partial charge is 0.265 e. The molecular formula is C13H6F19NO. The number of alkyl halides is 18. The van der Waals surface area contributed by atoms with Crippen LogP contribution in [-0.4, -0.2) is 71.4 Å². The van der Waals surface area contributed by atoms with E-state index in [9.17, 15) is 88.3 Å². The molecule has 0 aliphatic carbocycles. The molecule has 0 aromatic carbocycles. The van der Waals surface area contributed by atoms with E-state index < -0.39 is 71.4 Å². The van der Waals surface area contributed by atoms with E-state index in [4.69, 9.17) is 0 Å². The van der Waals surface area contributed by atoms with Crippen molar-refractivity contribution in [3.63, 3.8) is 0 Å². The van der Waals surface area contributed by atoms with E-state index in [0.717, 1.165) is 0 Å². The second kappa shape index (κ2) is 8.52. The predicted molar refractivity (Wildman–Crippen MR) is 68.6 cm³/mol. The molecule has 202 valence electrons. The van der Waals surface area contributed by atoms with Crippen LogP contribution in [0.15, 0.2) is 12.7 Å². The molecule has 0 saturated carbocycles. The number of carbonyl (C=O) groups excluding carboxylic acids is 1. The summed E-state index contributed by atoms with van der Waals surface area (Å²) in [6, 6.07) is 0. The Labute approximate surface area is 173 Å². The molecule has 0 aliphatic heterocycles. The Balaban J connectivity index is 6.88. The van der Waals surface area contributed by atoms with Crippen molar-refractivity contribution in [2.24, 2.45) is 0 Å². The van der Waals surface area contributed by atoms with Gasteiger partial charge in [-0.05, 0) is 0 Å². The van der Waals surface area contributed by atoms with Gasteiger partial charge in [-0.2, -0.15) is 75.4 Å². The summed E-state index contributed by atoms with van der Waals surface area (Å²) in [7, 11) is 0. The number of carbonyl (C=O) groups is 1. The zero-order valence-corrected chi connectivity index (χ0v) is 15.1. The lowest BCUT2D eigenvalue weighted by Crippen LogP contribution is -2.76. The molecule has 21 heteroatoms. The maximum absolute atomic E-state index is 13.5. The van der Waals surface area contributed by atoms with Gasteiger partial charge in [0.1, 0.15) is 0 Å². The Morgan fingerprint density at radius 2 is 0.941 bits per heavy atom. The highest BCUT2D eigenvalue weighted by Crippen LogP contribution is 2.64. The number of hydrogen-bond donors (Lipinski definition) is 0. The molecule has 34 heavy (non-hydrogen) atoms. The van der Waals surface area contributed by atoms with Gasteiger partial charge in [0.05, 0.1) is 6.54 Å². The second-order valence-corrected chi connectivity index (χ2v) is 6.08. The highest BCUT2D eigenvalue weighted by molar-refractivity contribution is 5.84. The molecule has 0 aromatic heterocycles. The van der Waals surface area contributed by atoms with Crippen LogP contribution in [0.3, 0.4) is 0 Å². The van der Waals surface area contributed by atoms with Crippen molar-refractivity contribution in [3.05, 3.63) is 12.7 Å². The Morgan fingerprint density at radius 1 is 0.647 bits per heavy atom. The maximum atomic E-state index is 13.5. The molecule has 0 radical (unpaired) electrons. The van der Waals surface area contributed by atoms with E-state index in [1.165, 1.54) is 0 Å². The standard InChI is InChI=1S/C13H6F19NO/c1-2-3-33(32)5(34)7(18,19)9(22,23)11(26,27)13(30,31)12(28,29)10(24,25)8(20,21)6(16,17)4(14)15/h2,4H,1,3H2. The summed E-state index contributed by atoms with van der Waals surface area (Å²) in [5.41, 5.74) is 0. The van der Waals surface area contributed by atoms with Crippen molar-refractivity contribution in [1.82, 2.24) is 5.12 Å². The lowest BCUT2D eigenvalue weighted by Gasteiger charge is -2.43. The Morgan fingerprint density at radius 3 is 1.24 bits per heavy atom. The van der Waals surface area contributed by atoms with Gasteiger partial charge < -0.3 is 0 Å². The topological polar surface area (TPSA) is 20.3 Å². The van der Waals surface area contributed by atoms with E-state index in [2.05, 4.69) is 6.58 Å². The third-order valence-corrected chi connectivity index (χ3v) is 3.84. The molecule has 0 N–H and O–H groups in total. The molecule has 0 atom stereocenters. The first-order valence-corrected chi connectivity index (χ1v) is 7.48.